The van der Waals surface area contributed by atoms with E-state index in [4.69, 9.17) is 0 Å². The number of hydrogen-bond donors (Lipinski definition) is 1. The van der Waals surface area contributed by atoms with Crippen LogP contribution in [0.4, 0.5) is 5.69 Å². The summed E-state index contributed by atoms with van der Waals surface area (Å²) in [4.78, 5) is 23.8. The second-order valence-electron chi connectivity index (χ2n) is 4.39. The number of methoxy groups -OCH3 is 1. The normalized spacial score (nSPS) is 10.6. The molecule has 0 spiro atoms. The molecule has 1 N–H and O–H groups in total. The summed E-state index contributed by atoms with van der Waals surface area (Å²) in [5.41, 5.74) is 2.57. The second kappa shape index (κ2) is 6.85. The number of anilines is 1. The van der Waals surface area contributed by atoms with Crippen molar-refractivity contribution in [3.63, 3.8) is 0 Å². The Bertz CT molecular complexity index is 671. The van der Waals surface area contributed by atoms with Crippen molar-refractivity contribution in [1.29, 1.82) is 0 Å². The molecule has 4 nitrogen and oxygen atoms in total. The molecule has 1 amide bonds. The molecule has 1 aromatic heterocycles. The summed E-state index contributed by atoms with van der Waals surface area (Å²) in [6, 6.07) is 9.50. The van der Waals surface area contributed by atoms with Gasteiger partial charge in [0.05, 0.1) is 12.8 Å². The predicted molar refractivity (Wildman–Crippen MR) is 84.5 cm³/mol. The fourth-order valence-corrected chi connectivity index (χ4v) is 2.45. The van der Waals surface area contributed by atoms with Crippen LogP contribution in [-0.2, 0) is 9.53 Å². The molecule has 0 bridgehead atoms. The molecule has 5 heteroatoms. The highest BCUT2D eigenvalue weighted by molar-refractivity contribution is 7.12. The fraction of sp³-hybridized carbons (Fsp3) is 0.125. The van der Waals surface area contributed by atoms with E-state index in [1.165, 1.54) is 24.5 Å². The topological polar surface area (TPSA) is 55.4 Å². The van der Waals surface area contributed by atoms with Crippen molar-refractivity contribution in [2.45, 2.75) is 6.92 Å². The lowest BCUT2D eigenvalue weighted by molar-refractivity contribution is -0.111. The van der Waals surface area contributed by atoms with Gasteiger partial charge in [-0.1, -0.05) is 29.8 Å². The second-order valence-corrected chi connectivity index (χ2v) is 5.30. The third kappa shape index (κ3) is 4.03. The molecule has 0 aliphatic carbocycles. The van der Waals surface area contributed by atoms with Gasteiger partial charge in [0.15, 0.2) is 0 Å². The van der Waals surface area contributed by atoms with Gasteiger partial charge < -0.3 is 10.1 Å². The number of esters is 1. The summed E-state index contributed by atoms with van der Waals surface area (Å²) in [6.45, 7) is 2.01. The maximum absolute atomic E-state index is 11.9. The van der Waals surface area contributed by atoms with Crippen LogP contribution in [-0.4, -0.2) is 19.0 Å². The quantitative estimate of drug-likeness (QED) is 0.694. The number of nitrogens with one attached hydrogen (secondary N) is 1. The number of rotatable bonds is 4. The first-order valence-electron chi connectivity index (χ1n) is 6.31. The van der Waals surface area contributed by atoms with Gasteiger partial charge in [-0.2, -0.15) is 0 Å². The Morgan fingerprint density at radius 3 is 2.57 bits per heavy atom. The van der Waals surface area contributed by atoms with Crippen molar-refractivity contribution in [3.8, 4) is 0 Å². The Labute approximate surface area is 127 Å². The molecule has 2 aromatic rings. The SMILES string of the molecule is COC(=O)c1sccc1NC(=O)C=Cc1ccc(C)cc1. The molecule has 0 saturated carbocycles. The lowest BCUT2D eigenvalue weighted by Crippen LogP contribution is -2.10. The minimum Gasteiger partial charge on any atom is -0.465 e. The van der Waals surface area contributed by atoms with Crippen LogP contribution < -0.4 is 5.32 Å². The number of carbonyl (C=O) groups is 2. The fourth-order valence-electron chi connectivity index (χ4n) is 1.68. The zero-order valence-corrected chi connectivity index (χ0v) is 12.6. The largest absolute Gasteiger partial charge is 0.465 e. The zero-order chi connectivity index (χ0) is 15.2. The number of carbonyl (C=O) groups excluding carboxylic acids is 2. The lowest BCUT2D eigenvalue weighted by Gasteiger charge is -2.02. The van der Waals surface area contributed by atoms with E-state index in [0.29, 0.717) is 10.6 Å². The van der Waals surface area contributed by atoms with Crippen molar-refractivity contribution in [1.82, 2.24) is 0 Å². The Morgan fingerprint density at radius 1 is 1.19 bits per heavy atom. The van der Waals surface area contributed by atoms with Crippen LogP contribution in [0.15, 0.2) is 41.8 Å². The Kier molecular flexibility index (Phi) is 4.90. The van der Waals surface area contributed by atoms with Gasteiger partial charge in [0, 0.05) is 6.08 Å². The number of thiophene rings is 1. The molecule has 0 aliphatic rings. The predicted octanol–water partition coefficient (Wildman–Crippen LogP) is 3.50. The third-order valence-corrected chi connectivity index (χ3v) is 3.69. The minimum atomic E-state index is -0.456. The summed E-state index contributed by atoms with van der Waals surface area (Å²) in [5, 5.41) is 4.40. The molecule has 0 fully saturated rings. The molecule has 0 atom stereocenters. The van der Waals surface area contributed by atoms with E-state index >= 15 is 0 Å². The van der Waals surface area contributed by atoms with E-state index in [0.717, 1.165) is 11.1 Å². The first-order chi connectivity index (χ1) is 10.1. The molecule has 0 unspecified atom stereocenters. The first kappa shape index (κ1) is 15.0. The van der Waals surface area contributed by atoms with E-state index in [-0.39, 0.29) is 5.91 Å². The maximum atomic E-state index is 11.9. The number of benzene rings is 1. The summed E-state index contributed by atoms with van der Waals surface area (Å²) in [6.07, 6.45) is 3.16. The smallest absolute Gasteiger partial charge is 0.350 e. The van der Waals surface area contributed by atoms with Crippen LogP contribution in [0, 0.1) is 6.92 Å². The van der Waals surface area contributed by atoms with E-state index in [1.54, 1.807) is 17.5 Å². The molecule has 1 heterocycles. The van der Waals surface area contributed by atoms with Gasteiger partial charge in [-0.3, -0.25) is 4.79 Å². The van der Waals surface area contributed by atoms with Crippen LogP contribution in [0.1, 0.15) is 20.8 Å². The molecule has 0 aliphatic heterocycles. The molecular formula is C16H15NO3S. The molecule has 0 saturated heterocycles. The van der Waals surface area contributed by atoms with Gasteiger partial charge in [-0.25, -0.2) is 4.79 Å². The summed E-state index contributed by atoms with van der Waals surface area (Å²) >= 11 is 1.23. The van der Waals surface area contributed by atoms with E-state index < -0.39 is 5.97 Å². The Balaban J connectivity index is 2.03. The third-order valence-electron chi connectivity index (χ3n) is 2.80. The van der Waals surface area contributed by atoms with Gasteiger partial charge in [0.1, 0.15) is 4.88 Å². The van der Waals surface area contributed by atoms with Gasteiger partial charge in [-0.05, 0) is 30.0 Å². The van der Waals surface area contributed by atoms with Crippen LogP contribution >= 0.6 is 11.3 Å². The highest BCUT2D eigenvalue weighted by atomic mass is 32.1. The number of amides is 1. The van der Waals surface area contributed by atoms with E-state index in [2.05, 4.69) is 10.1 Å². The average molecular weight is 301 g/mol. The number of ether oxygens (including phenoxy) is 1. The molecule has 21 heavy (non-hydrogen) atoms. The summed E-state index contributed by atoms with van der Waals surface area (Å²) in [5.74, 6) is -0.748. The van der Waals surface area contributed by atoms with Crippen molar-refractivity contribution >= 4 is 35.0 Å². The van der Waals surface area contributed by atoms with Gasteiger partial charge in [0.25, 0.3) is 0 Å². The molecular weight excluding hydrogens is 286 g/mol. The Morgan fingerprint density at radius 2 is 1.90 bits per heavy atom. The van der Waals surface area contributed by atoms with Gasteiger partial charge >= 0.3 is 5.97 Å². The van der Waals surface area contributed by atoms with Gasteiger partial charge in [0.2, 0.25) is 5.91 Å². The average Bonchev–Trinajstić information content (AvgIpc) is 2.94. The Hall–Kier alpha value is -2.40. The monoisotopic (exact) mass is 301 g/mol. The van der Waals surface area contributed by atoms with Gasteiger partial charge in [-0.15, -0.1) is 11.3 Å². The van der Waals surface area contributed by atoms with Crippen molar-refractivity contribution < 1.29 is 14.3 Å². The van der Waals surface area contributed by atoms with Crippen LogP contribution in [0.5, 0.6) is 0 Å². The highest BCUT2D eigenvalue weighted by Crippen LogP contribution is 2.23. The maximum Gasteiger partial charge on any atom is 0.350 e. The van der Waals surface area contributed by atoms with Crippen molar-refractivity contribution in [3.05, 3.63) is 57.8 Å². The van der Waals surface area contributed by atoms with Crippen molar-refractivity contribution in [2.75, 3.05) is 12.4 Å². The van der Waals surface area contributed by atoms with Crippen LogP contribution in [0.25, 0.3) is 6.08 Å². The van der Waals surface area contributed by atoms with E-state index in [9.17, 15) is 9.59 Å². The minimum absolute atomic E-state index is 0.292. The lowest BCUT2D eigenvalue weighted by atomic mass is 10.1. The number of hydrogen-bond acceptors (Lipinski definition) is 4. The highest BCUT2D eigenvalue weighted by Gasteiger charge is 2.14. The first-order valence-corrected chi connectivity index (χ1v) is 7.19. The number of aryl methyl sites for hydroxylation is 1. The zero-order valence-electron chi connectivity index (χ0n) is 11.8. The molecule has 2 rings (SSSR count). The van der Waals surface area contributed by atoms with Crippen LogP contribution in [0.2, 0.25) is 0 Å². The molecule has 0 radical (unpaired) electrons. The molecule has 1 aromatic carbocycles. The molecule has 108 valence electrons. The van der Waals surface area contributed by atoms with Crippen LogP contribution in [0.3, 0.4) is 0 Å². The standard InChI is InChI=1S/C16H15NO3S/c1-11-3-5-12(6-4-11)7-8-14(18)17-13-9-10-21-15(13)16(19)20-2/h3-10H,1-2H3,(H,17,18). The van der Waals surface area contributed by atoms with Crippen molar-refractivity contribution in [2.24, 2.45) is 0 Å². The summed E-state index contributed by atoms with van der Waals surface area (Å²) in [7, 11) is 1.31. The van der Waals surface area contributed by atoms with E-state index in [1.807, 2.05) is 31.2 Å². The summed E-state index contributed by atoms with van der Waals surface area (Å²) < 4.78 is 4.66.